The van der Waals surface area contributed by atoms with Crippen LogP contribution in [0.5, 0.6) is 0 Å². The molecule has 0 unspecified atom stereocenters. The molecular weight excluding hydrogens is 160 g/mol. The molecule has 0 rings (SSSR count). The maximum absolute atomic E-state index is 10.6. The van der Waals surface area contributed by atoms with Gasteiger partial charge in [-0.1, -0.05) is 12.2 Å². The third-order valence-corrected chi connectivity index (χ3v) is 0.920. The second-order valence-corrected chi connectivity index (χ2v) is 1.87. The summed E-state index contributed by atoms with van der Waals surface area (Å²) in [5, 5.41) is 8.13. The Labute approximate surface area is 70.1 Å². The highest BCUT2D eigenvalue weighted by Gasteiger charge is 1.94. The molecule has 0 aromatic heterocycles. The van der Waals surface area contributed by atoms with Gasteiger partial charge in [0.2, 0.25) is 0 Å². The van der Waals surface area contributed by atoms with Crippen LogP contribution in [0, 0.1) is 0 Å². The molecule has 0 amide bonds. The summed E-state index contributed by atoms with van der Waals surface area (Å²) in [5.74, 6) is -1.83. The van der Waals surface area contributed by atoms with E-state index in [1.807, 2.05) is 0 Å². The van der Waals surface area contributed by atoms with Crippen LogP contribution in [0.1, 0.15) is 6.92 Å². The van der Waals surface area contributed by atoms with E-state index in [1.165, 1.54) is 0 Å². The Balaban J connectivity index is 3.67. The van der Waals surface area contributed by atoms with Crippen LogP contribution in [0.4, 0.5) is 0 Å². The number of esters is 1. The Morgan fingerprint density at radius 2 is 2.08 bits per heavy atom. The number of hydrogen-bond donors (Lipinski definition) is 1. The average Bonchev–Trinajstić information content (AvgIpc) is 2.01. The van der Waals surface area contributed by atoms with Crippen molar-refractivity contribution < 1.29 is 19.4 Å². The fourth-order valence-corrected chi connectivity index (χ4v) is 0.414. The van der Waals surface area contributed by atoms with Gasteiger partial charge >= 0.3 is 11.9 Å². The number of carboxylic acids is 1. The molecule has 0 saturated heterocycles. The Hall–Kier alpha value is -1.58. The summed E-state index contributed by atoms with van der Waals surface area (Å²) in [6, 6.07) is 0. The van der Waals surface area contributed by atoms with E-state index in [1.54, 1.807) is 19.1 Å². The topological polar surface area (TPSA) is 63.6 Å². The van der Waals surface area contributed by atoms with E-state index in [0.29, 0.717) is 0 Å². The van der Waals surface area contributed by atoms with Crippen molar-refractivity contribution in [3.05, 3.63) is 24.3 Å². The number of rotatable bonds is 4. The SMILES string of the molecule is CC=CCOC(=O)/C=C/C(=O)O. The minimum Gasteiger partial charge on any atom is -0.478 e. The van der Waals surface area contributed by atoms with Crippen LogP contribution in [0.3, 0.4) is 0 Å². The first-order chi connectivity index (χ1) is 5.66. The van der Waals surface area contributed by atoms with Crippen molar-refractivity contribution in [2.75, 3.05) is 6.61 Å². The average molecular weight is 170 g/mol. The molecule has 4 heteroatoms. The van der Waals surface area contributed by atoms with Gasteiger partial charge in [-0.05, 0) is 6.92 Å². The molecule has 0 aliphatic rings. The second kappa shape index (κ2) is 6.15. The van der Waals surface area contributed by atoms with Gasteiger partial charge in [-0.15, -0.1) is 0 Å². The predicted octanol–water partition coefficient (Wildman–Crippen LogP) is 0.746. The molecule has 0 spiro atoms. The third kappa shape index (κ3) is 6.54. The summed E-state index contributed by atoms with van der Waals surface area (Å²) in [6.07, 6.45) is 4.98. The summed E-state index contributed by atoms with van der Waals surface area (Å²) >= 11 is 0. The van der Waals surface area contributed by atoms with E-state index >= 15 is 0 Å². The van der Waals surface area contributed by atoms with E-state index < -0.39 is 11.9 Å². The van der Waals surface area contributed by atoms with Gasteiger partial charge in [0, 0.05) is 12.2 Å². The van der Waals surface area contributed by atoms with E-state index in [2.05, 4.69) is 4.74 Å². The standard InChI is InChI=1S/C8H10O4/c1-2-3-6-12-8(11)5-4-7(9)10/h2-5H,6H2,1H3,(H,9,10)/b3-2?,5-4+. The first-order valence-corrected chi connectivity index (χ1v) is 3.35. The molecule has 0 bridgehead atoms. The molecule has 0 aromatic carbocycles. The first kappa shape index (κ1) is 10.4. The number of carbonyl (C=O) groups excluding carboxylic acids is 1. The largest absolute Gasteiger partial charge is 0.478 e. The molecule has 0 aliphatic heterocycles. The van der Waals surface area contributed by atoms with E-state index in [4.69, 9.17) is 5.11 Å². The van der Waals surface area contributed by atoms with Crippen molar-refractivity contribution in [1.29, 1.82) is 0 Å². The van der Waals surface area contributed by atoms with Gasteiger partial charge in [-0.2, -0.15) is 0 Å². The van der Waals surface area contributed by atoms with Gasteiger partial charge in [-0.25, -0.2) is 9.59 Å². The minimum atomic E-state index is -1.17. The van der Waals surface area contributed by atoms with Crippen molar-refractivity contribution in [1.82, 2.24) is 0 Å². The molecule has 0 aliphatic carbocycles. The monoisotopic (exact) mass is 170 g/mol. The maximum atomic E-state index is 10.6. The van der Waals surface area contributed by atoms with Crippen molar-refractivity contribution >= 4 is 11.9 Å². The highest BCUT2D eigenvalue weighted by Crippen LogP contribution is 1.83. The Morgan fingerprint density at radius 1 is 1.42 bits per heavy atom. The molecule has 12 heavy (non-hydrogen) atoms. The minimum absolute atomic E-state index is 0.166. The Kier molecular flexibility index (Phi) is 5.34. The molecule has 66 valence electrons. The molecule has 0 atom stereocenters. The number of aliphatic carboxylic acids is 1. The summed E-state index contributed by atoms with van der Waals surface area (Å²) in [6.45, 7) is 1.96. The van der Waals surface area contributed by atoms with Crippen LogP contribution in [0.2, 0.25) is 0 Å². The van der Waals surface area contributed by atoms with Gasteiger partial charge in [0.1, 0.15) is 6.61 Å². The summed E-state index contributed by atoms with van der Waals surface area (Å²) in [5.41, 5.74) is 0. The van der Waals surface area contributed by atoms with Gasteiger partial charge < -0.3 is 9.84 Å². The number of allylic oxidation sites excluding steroid dienone is 1. The molecule has 0 fully saturated rings. The zero-order valence-corrected chi connectivity index (χ0v) is 6.69. The number of carboxylic acid groups (broad SMARTS) is 1. The molecule has 4 nitrogen and oxygen atoms in total. The fraction of sp³-hybridized carbons (Fsp3) is 0.250. The molecule has 0 radical (unpaired) electrons. The Morgan fingerprint density at radius 3 is 2.58 bits per heavy atom. The lowest BCUT2D eigenvalue weighted by molar-refractivity contribution is -0.137. The number of hydrogen-bond acceptors (Lipinski definition) is 3. The van der Waals surface area contributed by atoms with Gasteiger partial charge in [-0.3, -0.25) is 0 Å². The second-order valence-electron chi connectivity index (χ2n) is 1.87. The molecule has 0 aromatic rings. The molecule has 0 heterocycles. The lowest BCUT2D eigenvalue weighted by Crippen LogP contribution is -2.01. The van der Waals surface area contributed by atoms with Crippen LogP contribution >= 0.6 is 0 Å². The zero-order chi connectivity index (χ0) is 9.40. The zero-order valence-electron chi connectivity index (χ0n) is 6.69. The van der Waals surface area contributed by atoms with Gasteiger partial charge in [0.25, 0.3) is 0 Å². The van der Waals surface area contributed by atoms with Crippen LogP contribution in [-0.4, -0.2) is 23.7 Å². The number of ether oxygens (including phenoxy) is 1. The van der Waals surface area contributed by atoms with Crippen LogP contribution in [0.25, 0.3) is 0 Å². The van der Waals surface area contributed by atoms with Crippen molar-refractivity contribution in [3.8, 4) is 0 Å². The highest BCUT2D eigenvalue weighted by molar-refractivity contribution is 5.90. The van der Waals surface area contributed by atoms with Crippen molar-refractivity contribution in [2.24, 2.45) is 0 Å². The quantitative estimate of drug-likeness (QED) is 0.384. The van der Waals surface area contributed by atoms with Crippen LogP contribution in [-0.2, 0) is 14.3 Å². The highest BCUT2D eigenvalue weighted by atomic mass is 16.5. The lowest BCUT2D eigenvalue weighted by Gasteiger charge is -1.94. The molecule has 0 saturated carbocycles. The molecule has 1 N–H and O–H groups in total. The van der Waals surface area contributed by atoms with E-state index in [9.17, 15) is 9.59 Å². The van der Waals surface area contributed by atoms with Gasteiger partial charge in [0.05, 0.1) is 0 Å². The Bertz CT molecular complexity index is 215. The summed E-state index contributed by atoms with van der Waals surface area (Å²) < 4.78 is 4.56. The number of carbonyl (C=O) groups is 2. The first-order valence-electron chi connectivity index (χ1n) is 3.35. The maximum Gasteiger partial charge on any atom is 0.331 e. The normalized spacial score (nSPS) is 10.8. The third-order valence-electron chi connectivity index (χ3n) is 0.920. The van der Waals surface area contributed by atoms with Gasteiger partial charge in [0.15, 0.2) is 0 Å². The predicted molar refractivity (Wildman–Crippen MR) is 42.5 cm³/mol. The molecular formula is C8H10O4. The summed E-state index contributed by atoms with van der Waals surface area (Å²) in [7, 11) is 0. The van der Waals surface area contributed by atoms with Crippen molar-refractivity contribution in [2.45, 2.75) is 6.92 Å². The van der Waals surface area contributed by atoms with Crippen LogP contribution < -0.4 is 0 Å². The lowest BCUT2D eigenvalue weighted by atomic mass is 10.5. The fourth-order valence-electron chi connectivity index (χ4n) is 0.414. The van der Waals surface area contributed by atoms with E-state index in [-0.39, 0.29) is 6.61 Å². The van der Waals surface area contributed by atoms with Crippen molar-refractivity contribution in [3.63, 3.8) is 0 Å². The smallest absolute Gasteiger partial charge is 0.331 e. The van der Waals surface area contributed by atoms with Crippen LogP contribution in [0.15, 0.2) is 24.3 Å². The van der Waals surface area contributed by atoms with E-state index in [0.717, 1.165) is 12.2 Å². The summed E-state index contributed by atoms with van der Waals surface area (Å²) in [4.78, 5) is 20.5.